The van der Waals surface area contributed by atoms with Crippen molar-refractivity contribution in [2.24, 2.45) is 0 Å². The van der Waals surface area contributed by atoms with E-state index < -0.39 is 8.07 Å². The van der Waals surface area contributed by atoms with Gasteiger partial charge >= 0.3 is 0 Å². The lowest BCUT2D eigenvalue weighted by atomic mass is 10.1. The Hall–Kier alpha value is -3.95. The molecule has 0 bridgehead atoms. The summed E-state index contributed by atoms with van der Waals surface area (Å²) in [5.41, 5.74) is 2.38. The lowest BCUT2D eigenvalue weighted by Gasteiger charge is -2.44. The maximum absolute atomic E-state index is 5.34. The van der Waals surface area contributed by atoms with Crippen LogP contribution in [0.2, 0.25) is 5.04 Å². The van der Waals surface area contributed by atoms with E-state index in [1.165, 1.54) is 32.0 Å². The van der Waals surface area contributed by atoms with Gasteiger partial charge in [0.05, 0.1) is 7.11 Å². The van der Waals surface area contributed by atoms with Gasteiger partial charge < -0.3 is 4.74 Å². The number of pyridine rings is 1. The largest absolute Gasteiger partial charge is 0.497 e. The predicted octanol–water partition coefficient (Wildman–Crippen LogP) is 6.68. The number of hydrogen-bond donors (Lipinski definition) is 0. The molecule has 3 heteroatoms. The van der Waals surface area contributed by atoms with Crippen molar-refractivity contribution < 1.29 is 4.74 Å². The van der Waals surface area contributed by atoms with Crippen molar-refractivity contribution in [2.75, 3.05) is 7.11 Å². The van der Waals surface area contributed by atoms with Crippen molar-refractivity contribution >= 4 is 46.7 Å². The average molecular weight is 500 g/mol. The normalized spacial score (nSPS) is 13.5. The van der Waals surface area contributed by atoms with Crippen LogP contribution in [0.3, 0.4) is 0 Å². The van der Waals surface area contributed by atoms with Crippen LogP contribution in [0.25, 0.3) is 22.9 Å². The maximum Gasteiger partial charge on any atom is 0.178 e. The first kappa shape index (κ1) is 24.7. The molecule has 4 aromatic carbocycles. The number of ether oxygens (including phenoxy) is 1. The zero-order valence-corrected chi connectivity index (χ0v) is 23.0. The van der Waals surface area contributed by atoms with Gasteiger partial charge in [0.25, 0.3) is 0 Å². The number of aromatic nitrogens is 1. The zero-order valence-electron chi connectivity index (χ0n) is 22.0. The number of hydrogen-bond acceptors (Lipinski definition) is 2. The molecule has 37 heavy (non-hydrogen) atoms. The molecule has 184 valence electrons. The van der Waals surface area contributed by atoms with Gasteiger partial charge in [0, 0.05) is 11.5 Å². The summed E-state index contributed by atoms with van der Waals surface area (Å²) in [5.74, 6) is 0.864. The second-order valence-electron chi connectivity index (χ2n) is 10.4. The quantitative estimate of drug-likeness (QED) is 0.192. The van der Waals surface area contributed by atoms with E-state index in [1.807, 2.05) is 18.3 Å². The summed E-state index contributed by atoms with van der Waals surface area (Å²) in [5, 5.41) is 6.38. The van der Waals surface area contributed by atoms with Gasteiger partial charge in [-0.1, -0.05) is 124 Å². The number of nitrogens with zero attached hydrogens (tertiary/aromatic N) is 1. The molecule has 1 aromatic heterocycles. The van der Waals surface area contributed by atoms with Crippen LogP contribution in [0.1, 0.15) is 31.9 Å². The molecule has 2 nitrogen and oxygen atoms in total. The van der Waals surface area contributed by atoms with E-state index in [1.54, 1.807) is 7.11 Å². The van der Waals surface area contributed by atoms with Crippen molar-refractivity contribution in [1.82, 2.24) is 4.98 Å². The highest BCUT2D eigenvalue weighted by Gasteiger charge is 2.52. The van der Waals surface area contributed by atoms with Crippen LogP contribution in [-0.4, -0.2) is 20.2 Å². The number of methoxy groups -OCH3 is 1. The molecule has 0 aliphatic carbocycles. The van der Waals surface area contributed by atoms with E-state index in [2.05, 4.69) is 130 Å². The predicted molar refractivity (Wildman–Crippen MR) is 161 cm³/mol. The van der Waals surface area contributed by atoms with Gasteiger partial charge in [-0.15, -0.1) is 0 Å². The number of rotatable bonds is 6. The second kappa shape index (κ2) is 10.2. The third-order valence-corrected chi connectivity index (χ3v) is 13.1. The van der Waals surface area contributed by atoms with E-state index in [0.29, 0.717) is 0 Å². The van der Waals surface area contributed by atoms with Gasteiger partial charge in [0.15, 0.2) is 8.07 Å². The van der Waals surface area contributed by atoms with Crippen LogP contribution in [0.4, 0.5) is 0 Å². The van der Waals surface area contributed by atoms with Crippen LogP contribution < -0.4 is 20.4 Å². The third-order valence-electron chi connectivity index (χ3n) is 7.30. The molecule has 5 rings (SSSR count). The highest BCUT2D eigenvalue weighted by atomic mass is 28.3. The number of fused-ring (bicyclic) bond motifs is 1. The lowest BCUT2D eigenvalue weighted by Crippen LogP contribution is -2.73. The third kappa shape index (κ3) is 4.52. The van der Waals surface area contributed by atoms with Crippen LogP contribution in [0.5, 0.6) is 5.75 Å². The Morgan fingerprint density at radius 2 is 1.38 bits per heavy atom. The summed E-state index contributed by atoms with van der Waals surface area (Å²) in [6.07, 6.45) is 6.45. The Balaban J connectivity index is 1.81. The van der Waals surface area contributed by atoms with Crippen molar-refractivity contribution in [2.45, 2.75) is 25.8 Å². The monoisotopic (exact) mass is 499 g/mol. The van der Waals surface area contributed by atoms with Crippen LogP contribution in [-0.2, 0) is 0 Å². The molecule has 0 aliphatic heterocycles. The van der Waals surface area contributed by atoms with Gasteiger partial charge in [0.2, 0.25) is 0 Å². The minimum absolute atomic E-state index is 0.0600. The molecule has 0 fully saturated rings. The first-order valence-corrected chi connectivity index (χ1v) is 14.8. The smallest absolute Gasteiger partial charge is 0.178 e. The second-order valence-corrected chi connectivity index (χ2v) is 15.0. The maximum atomic E-state index is 5.34. The van der Waals surface area contributed by atoms with Crippen molar-refractivity contribution in [3.8, 4) is 5.75 Å². The van der Waals surface area contributed by atoms with E-state index in [4.69, 9.17) is 9.72 Å². The lowest BCUT2D eigenvalue weighted by molar-refractivity contribution is 0.415. The SMILES string of the molecule is COc1ccc(/C=C/c2ccccc2[Si@](c2ccccc2)(c2nccc3ccccc23)C(C)(C)C)cc1. The first-order valence-electron chi connectivity index (χ1n) is 12.8. The molecule has 0 N–H and O–H groups in total. The summed E-state index contributed by atoms with van der Waals surface area (Å²) in [7, 11) is -0.973. The van der Waals surface area contributed by atoms with Gasteiger partial charge in [-0.2, -0.15) is 0 Å². The van der Waals surface area contributed by atoms with Gasteiger partial charge in [-0.25, -0.2) is 0 Å². The molecule has 0 unspecified atom stereocenters. The molecule has 0 saturated carbocycles. The van der Waals surface area contributed by atoms with Crippen molar-refractivity contribution in [3.05, 3.63) is 127 Å². The molecule has 1 heterocycles. The standard InChI is InChI=1S/C34H33NOSi/c1-34(2,3)37(30-14-6-5-7-15-30,33-31-16-10-8-12-27(31)24-25-35-33)32-17-11-9-13-28(32)21-18-26-19-22-29(36-4)23-20-26/h5-25H,1-4H3/b21-18+/t37-/m1/s1. The summed E-state index contributed by atoms with van der Waals surface area (Å²) >= 11 is 0. The molecule has 0 aliphatic rings. The molecule has 0 radical (unpaired) electrons. The van der Waals surface area contributed by atoms with E-state index in [9.17, 15) is 0 Å². The molecule has 0 amide bonds. The molecule has 1 atom stereocenters. The van der Waals surface area contributed by atoms with E-state index >= 15 is 0 Å². The van der Waals surface area contributed by atoms with Crippen LogP contribution >= 0.6 is 0 Å². The summed E-state index contributed by atoms with van der Waals surface area (Å²) in [6.45, 7) is 7.17. The van der Waals surface area contributed by atoms with Gasteiger partial charge in [-0.05, 0) is 55.5 Å². The molecular weight excluding hydrogens is 466 g/mol. The van der Waals surface area contributed by atoms with Gasteiger partial charge in [-0.3, -0.25) is 4.98 Å². The molecular formula is C34H33NOSi. The Labute approximate surface area is 221 Å². The fourth-order valence-corrected chi connectivity index (χ4v) is 11.4. The summed E-state index contributed by atoms with van der Waals surface area (Å²) < 4.78 is 5.34. The number of benzene rings is 4. The average Bonchev–Trinajstić information content (AvgIpc) is 2.93. The molecule has 0 saturated heterocycles. The Kier molecular flexibility index (Phi) is 6.81. The molecule has 5 aromatic rings. The van der Waals surface area contributed by atoms with Crippen LogP contribution in [0.15, 0.2) is 115 Å². The topological polar surface area (TPSA) is 22.1 Å². The first-order chi connectivity index (χ1) is 17.9. The highest BCUT2D eigenvalue weighted by molar-refractivity contribution is 7.14. The summed E-state index contributed by atoms with van der Waals surface area (Å²) in [6, 6.07) is 39.0. The van der Waals surface area contributed by atoms with Crippen LogP contribution in [0, 0.1) is 0 Å². The zero-order chi connectivity index (χ0) is 25.9. The minimum Gasteiger partial charge on any atom is -0.497 e. The minimum atomic E-state index is -2.67. The van der Waals surface area contributed by atoms with E-state index in [-0.39, 0.29) is 5.04 Å². The fourth-order valence-electron chi connectivity index (χ4n) is 5.60. The van der Waals surface area contributed by atoms with E-state index in [0.717, 1.165) is 11.3 Å². The Morgan fingerprint density at radius 1 is 0.703 bits per heavy atom. The Bertz CT molecular complexity index is 1530. The van der Waals surface area contributed by atoms with Gasteiger partial charge in [0.1, 0.15) is 5.75 Å². The highest BCUT2D eigenvalue weighted by Crippen LogP contribution is 2.37. The summed E-state index contributed by atoms with van der Waals surface area (Å²) in [4.78, 5) is 5.20. The Morgan fingerprint density at radius 3 is 2.11 bits per heavy atom. The van der Waals surface area contributed by atoms with Crippen molar-refractivity contribution in [3.63, 3.8) is 0 Å². The fraction of sp³-hybridized carbons (Fsp3) is 0.147. The molecule has 0 spiro atoms. The van der Waals surface area contributed by atoms with Crippen molar-refractivity contribution in [1.29, 1.82) is 0 Å².